The van der Waals surface area contributed by atoms with Crippen LogP contribution in [0.3, 0.4) is 0 Å². The first kappa shape index (κ1) is 10.1. The molecule has 0 unspecified atom stereocenters. The monoisotopic (exact) mass is 179 g/mol. The van der Waals surface area contributed by atoms with Gasteiger partial charge in [0.25, 0.3) is 0 Å². The molecular weight excluding hydrogens is 162 g/mol. The largest absolute Gasteiger partial charge is 0.392 e. The average Bonchev–Trinajstić information content (AvgIpc) is 2.57. The molecular formula is C11H17NO. The summed E-state index contributed by atoms with van der Waals surface area (Å²) in [5, 5.41) is 8.64. The zero-order valence-electron chi connectivity index (χ0n) is 8.11. The van der Waals surface area contributed by atoms with Gasteiger partial charge in [-0.05, 0) is 31.9 Å². The van der Waals surface area contributed by atoms with Crippen molar-refractivity contribution in [2.75, 3.05) is 6.61 Å². The Morgan fingerprint density at radius 2 is 2.08 bits per heavy atom. The third-order valence-corrected chi connectivity index (χ3v) is 2.09. The number of rotatable bonds is 5. The second-order valence-corrected chi connectivity index (χ2v) is 3.26. The molecule has 0 aliphatic heterocycles. The van der Waals surface area contributed by atoms with E-state index in [1.165, 1.54) is 5.57 Å². The van der Waals surface area contributed by atoms with E-state index in [2.05, 4.69) is 23.9 Å². The smallest absolute Gasteiger partial charge is 0.0614 e. The number of aromatic nitrogens is 1. The lowest BCUT2D eigenvalue weighted by Crippen LogP contribution is -1.94. The molecule has 13 heavy (non-hydrogen) atoms. The van der Waals surface area contributed by atoms with Crippen LogP contribution in [0.15, 0.2) is 36.2 Å². The second-order valence-electron chi connectivity index (χ2n) is 3.26. The summed E-state index contributed by atoms with van der Waals surface area (Å²) in [4.78, 5) is 0. The van der Waals surface area contributed by atoms with Crippen LogP contribution in [0, 0.1) is 0 Å². The van der Waals surface area contributed by atoms with Crippen molar-refractivity contribution in [3.05, 3.63) is 36.2 Å². The molecule has 0 fully saturated rings. The number of hydrogen-bond donors (Lipinski definition) is 1. The predicted octanol–water partition coefficient (Wildman–Crippen LogP) is 2.21. The first-order valence-corrected chi connectivity index (χ1v) is 4.70. The average molecular weight is 179 g/mol. The molecule has 1 aromatic heterocycles. The molecule has 0 saturated heterocycles. The Kier molecular flexibility index (Phi) is 4.33. The molecule has 0 radical (unpaired) electrons. The Hall–Kier alpha value is -1.02. The molecule has 0 aliphatic rings. The van der Waals surface area contributed by atoms with Gasteiger partial charge in [-0.3, -0.25) is 0 Å². The Balaban J connectivity index is 2.18. The highest BCUT2D eigenvalue weighted by atomic mass is 16.2. The Labute approximate surface area is 79.5 Å². The summed E-state index contributed by atoms with van der Waals surface area (Å²) in [6.07, 6.45) is 8.22. The fourth-order valence-electron chi connectivity index (χ4n) is 1.32. The topological polar surface area (TPSA) is 25.2 Å². The Morgan fingerprint density at radius 1 is 1.38 bits per heavy atom. The van der Waals surface area contributed by atoms with Crippen molar-refractivity contribution < 1.29 is 5.11 Å². The molecule has 1 aromatic rings. The van der Waals surface area contributed by atoms with Crippen LogP contribution in [0.5, 0.6) is 0 Å². The summed E-state index contributed by atoms with van der Waals surface area (Å²) in [7, 11) is 0. The summed E-state index contributed by atoms with van der Waals surface area (Å²) in [6.45, 7) is 3.28. The van der Waals surface area contributed by atoms with Gasteiger partial charge in [0.2, 0.25) is 0 Å². The van der Waals surface area contributed by atoms with Crippen LogP contribution in [0.25, 0.3) is 0 Å². The number of allylic oxidation sites excluding steroid dienone is 1. The maximum absolute atomic E-state index is 8.64. The van der Waals surface area contributed by atoms with Gasteiger partial charge in [-0.15, -0.1) is 0 Å². The van der Waals surface area contributed by atoms with Crippen molar-refractivity contribution in [1.82, 2.24) is 4.57 Å². The van der Waals surface area contributed by atoms with Gasteiger partial charge in [0.05, 0.1) is 6.61 Å². The molecule has 0 bridgehead atoms. The normalized spacial score (nSPS) is 12.0. The quantitative estimate of drug-likeness (QED) is 0.689. The molecule has 0 spiro atoms. The van der Waals surface area contributed by atoms with Gasteiger partial charge in [0.1, 0.15) is 0 Å². The minimum atomic E-state index is 0.162. The van der Waals surface area contributed by atoms with E-state index in [0.29, 0.717) is 0 Å². The van der Waals surface area contributed by atoms with Crippen LogP contribution in [0.4, 0.5) is 0 Å². The molecule has 2 heteroatoms. The minimum Gasteiger partial charge on any atom is -0.392 e. The molecule has 0 amide bonds. The van der Waals surface area contributed by atoms with E-state index in [1.54, 1.807) is 0 Å². The third-order valence-electron chi connectivity index (χ3n) is 2.09. The summed E-state index contributed by atoms with van der Waals surface area (Å²) in [5.41, 5.74) is 1.27. The van der Waals surface area contributed by atoms with Crippen molar-refractivity contribution in [3.8, 4) is 0 Å². The number of hydrogen-bond acceptors (Lipinski definition) is 1. The van der Waals surface area contributed by atoms with E-state index in [0.717, 1.165) is 19.4 Å². The zero-order valence-corrected chi connectivity index (χ0v) is 8.11. The standard InChI is InChI=1S/C11H17NO/c1-11(6-10-13)5-4-9-12-7-2-3-8-12/h2-3,6-8,13H,4-5,9-10H2,1H3/b11-6-. The van der Waals surface area contributed by atoms with Crippen LogP contribution >= 0.6 is 0 Å². The van der Waals surface area contributed by atoms with Crippen LogP contribution in [0.2, 0.25) is 0 Å². The first-order valence-electron chi connectivity index (χ1n) is 4.70. The molecule has 2 nitrogen and oxygen atoms in total. The van der Waals surface area contributed by atoms with E-state index < -0.39 is 0 Å². The number of aryl methyl sites for hydroxylation is 1. The molecule has 0 saturated carbocycles. The third kappa shape index (κ3) is 3.95. The summed E-state index contributed by atoms with van der Waals surface area (Å²) < 4.78 is 2.17. The lowest BCUT2D eigenvalue weighted by molar-refractivity contribution is 0.341. The second kappa shape index (κ2) is 5.60. The molecule has 0 atom stereocenters. The minimum absolute atomic E-state index is 0.162. The predicted molar refractivity (Wildman–Crippen MR) is 54.5 cm³/mol. The van der Waals surface area contributed by atoms with Crippen LogP contribution in [-0.4, -0.2) is 16.3 Å². The fourth-order valence-corrected chi connectivity index (χ4v) is 1.32. The maximum atomic E-state index is 8.64. The fraction of sp³-hybridized carbons (Fsp3) is 0.455. The van der Waals surface area contributed by atoms with Crippen molar-refractivity contribution in [3.63, 3.8) is 0 Å². The van der Waals surface area contributed by atoms with Gasteiger partial charge in [-0.25, -0.2) is 0 Å². The molecule has 0 aliphatic carbocycles. The van der Waals surface area contributed by atoms with Gasteiger partial charge >= 0.3 is 0 Å². The zero-order chi connectivity index (χ0) is 9.52. The SMILES string of the molecule is C/C(=C/CO)CCCn1cccc1. The summed E-state index contributed by atoms with van der Waals surface area (Å²) >= 11 is 0. The molecule has 1 heterocycles. The van der Waals surface area contributed by atoms with Gasteiger partial charge in [-0.2, -0.15) is 0 Å². The highest BCUT2D eigenvalue weighted by Crippen LogP contribution is 2.05. The van der Waals surface area contributed by atoms with Gasteiger partial charge in [0.15, 0.2) is 0 Å². The van der Waals surface area contributed by atoms with E-state index >= 15 is 0 Å². The highest BCUT2D eigenvalue weighted by Gasteiger charge is 1.91. The van der Waals surface area contributed by atoms with Gasteiger partial charge in [0, 0.05) is 18.9 Å². The molecule has 0 aromatic carbocycles. The lowest BCUT2D eigenvalue weighted by atomic mass is 10.1. The molecule has 1 rings (SSSR count). The highest BCUT2D eigenvalue weighted by molar-refractivity contribution is 4.97. The van der Waals surface area contributed by atoms with E-state index in [9.17, 15) is 0 Å². The van der Waals surface area contributed by atoms with Crippen LogP contribution in [0.1, 0.15) is 19.8 Å². The van der Waals surface area contributed by atoms with Gasteiger partial charge in [-0.1, -0.05) is 11.6 Å². The Morgan fingerprint density at radius 3 is 2.69 bits per heavy atom. The molecule has 1 N–H and O–H groups in total. The van der Waals surface area contributed by atoms with Crippen LogP contribution < -0.4 is 0 Å². The van der Waals surface area contributed by atoms with E-state index in [4.69, 9.17) is 5.11 Å². The van der Waals surface area contributed by atoms with E-state index in [1.807, 2.05) is 18.2 Å². The summed E-state index contributed by atoms with van der Waals surface area (Å²) in [5.74, 6) is 0. The van der Waals surface area contributed by atoms with Crippen molar-refractivity contribution in [1.29, 1.82) is 0 Å². The van der Waals surface area contributed by atoms with Crippen molar-refractivity contribution in [2.24, 2.45) is 0 Å². The van der Waals surface area contributed by atoms with Crippen molar-refractivity contribution in [2.45, 2.75) is 26.3 Å². The molecule has 72 valence electrons. The van der Waals surface area contributed by atoms with Gasteiger partial charge < -0.3 is 9.67 Å². The number of aliphatic hydroxyl groups is 1. The summed E-state index contributed by atoms with van der Waals surface area (Å²) in [6, 6.07) is 4.08. The number of aliphatic hydroxyl groups excluding tert-OH is 1. The van der Waals surface area contributed by atoms with Crippen molar-refractivity contribution >= 4 is 0 Å². The van der Waals surface area contributed by atoms with E-state index in [-0.39, 0.29) is 6.61 Å². The number of nitrogens with zero attached hydrogens (tertiary/aromatic N) is 1. The van der Waals surface area contributed by atoms with Crippen LogP contribution in [-0.2, 0) is 6.54 Å². The first-order chi connectivity index (χ1) is 6.33. The maximum Gasteiger partial charge on any atom is 0.0614 e. The Bertz CT molecular complexity index is 249. The lowest BCUT2D eigenvalue weighted by Gasteiger charge is -2.02.